The van der Waals surface area contributed by atoms with Crippen LogP contribution in [-0.4, -0.2) is 10.8 Å². The van der Waals surface area contributed by atoms with Crippen LogP contribution >= 0.6 is 0 Å². The molecule has 0 saturated carbocycles. The molecular weight excluding hydrogens is 186 g/mol. The van der Waals surface area contributed by atoms with Gasteiger partial charge in [-0.25, -0.2) is 4.99 Å². The first-order valence-corrected chi connectivity index (χ1v) is 5.14. The number of hydrogen-bond donors (Lipinski definition) is 2. The molecule has 0 spiro atoms. The van der Waals surface area contributed by atoms with E-state index in [2.05, 4.69) is 9.98 Å². The van der Waals surface area contributed by atoms with Crippen molar-refractivity contribution in [2.45, 2.75) is 20.8 Å². The van der Waals surface area contributed by atoms with Gasteiger partial charge >= 0.3 is 0 Å². The van der Waals surface area contributed by atoms with E-state index in [0.29, 0.717) is 5.84 Å². The normalized spacial score (nSPS) is 11.0. The van der Waals surface area contributed by atoms with Gasteiger partial charge in [-0.15, -0.1) is 0 Å². The molecule has 0 radical (unpaired) electrons. The van der Waals surface area contributed by atoms with Crippen molar-refractivity contribution in [3.8, 4) is 0 Å². The maximum atomic E-state index is 5.51. The highest BCUT2D eigenvalue weighted by Crippen LogP contribution is 2.24. The predicted molar refractivity (Wildman–Crippen MR) is 66.6 cm³/mol. The summed E-state index contributed by atoms with van der Waals surface area (Å²) in [6.45, 7) is 5.78. The van der Waals surface area contributed by atoms with Gasteiger partial charge in [0.1, 0.15) is 0 Å². The van der Waals surface area contributed by atoms with Gasteiger partial charge in [-0.1, -0.05) is 32.0 Å². The third kappa shape index (κ3) is 2.59. The van der Waals surface area contributed by atoms with E-state index in [4.69, 9.17) is 5.73 Å². The Morgan fingerprint density at radius 1 is 1.27 bits per heavy atom. The molecule has 3 nitrogen and oxygen atoms in total. The summed E-state index contributed by atoms with van der Waals surface area (Å²) in [6.07, 6.45) is 1.86. The van der Waals surface area contributed by atoms with Crippen molar-refractivity contribution in [1.29, 1.82) is 0 Å². The molecule has 1 aromatic heterocycles. The smallest absolute Gasteiger partial charge is 0.0965 e. The molecule has 0 fully saturated rings. The quantitative estimate of drug-likeness (QED) is 0.542. The van der Waals surface area contributed by atoms with Gasteiger partial charge in [0.25, 0.3) is 0 Å². The standard InChI is InChI=1S/C10H11N3.C2H6/c1-7(11)13-10-6-12-9-5-3-2-4-8(9)10;1-2/h2-6,12H,1H3,(H2,11,13);1-2H3. The Morgan fingerprint density at radius 3 is 2.60 bits per heavy atom. The lowest BCUT2D eigenvalue weighted by Gasteiger charge is -1.91. The number of aliphatic imine (C=N–C) groups is 1. The summed E-state index contributed by atoms with van der Waals surface area (Å²) >= 11 is 0. The third-order valence-electron chi connectivity index (χ3n) is 1.86. The molecule has 0 bridgehead atoms. The Kier molecular flexibility index (Phi) is 3.92. The van der Waals surface area contributed by atoms with E-state index < -0.39 is 0 Å². The van der Waals surface area contributed by atoms with Crippen LogP contribution in [0, 0.1) is 0 Å². The summed E-state index contributed by atoms with van der Waals surface area (Å²) in [6, 6.07) is 8.01. The fraction of sp³-hybridized carbons (Fsp3) is 0.250. The molecule has 0 aliphatic heterocycles. The summed E-state index contributed by atoms with van der Waals surface area (Å²) < 4.78 is 0. The number of nitrogens with one attached hydrogen (secondary N) is 1. The Hall–Kier alpha value is -1.77. The van der Waals surface area contributed by atoms with Crippen LogP contribution in [0.3, 0.4) is 0 Å². The Balaban J connectivity index is 0.000000531. The van der Waals surface area contributed by atoms with E-state index in [1.54, 1.807) is 6.92 Å². The Morgan fingerprint density at radius 2 is 1.93 bits per heavy atom. The van der Waals surface area contributed by atoms with E-state index in [1.807, 2.05) is 44.3 Å². The van der Waals surface area contributed by atoms with Gasteiger partial charge < -0.3 is 10.7 Å². The highest BCUT2D eigenvalue weighted by molar-refractivity contribution is 5.94. The van der Waals surface area contributed by atoms with Crippen molar-refractivity contribution in [3.05, 3.63) is 30.5 Å². The van der Waals surface area contributed by atoms with Crippen molar-refractivity contribution in [2.75, 3.05) is 0 Å². The molecule has 1 aromatic carbocycles. The van der Waals surface area contributed by atoms with Crippen LogP contribution in [-0.2, 0) is 0 Å². The molecular formula is C12H17N3. The molecule has 3 N–H and O–H groups in total. The number of aromatic amines is 1. The van der Waals surface area contributed by atoms with Gasteiger partial charge in [0, 0.05) is 17.1 Å². The van der Waals surface area contributed by atoms with E-state index in [1.165, 1.54) is 0 Å². The van der Waals surface area contributed by atoms with E-state index >= 15 is 0 Å². The zero-order valence-corrected chi connectivity index (χ0v) is 9.41. The molecule has 2 aromatic rings. The summed E-state index contributed by atoms with van der Waals surface area (Å²) in [5.74, 6) is 0.574. The minimum absolute atomic E-state index is 0.574. The molecule has 15 heavy (non-hydrogen) atoms. The molecule has 80 valence electrons. The topological polar surface area (TPSA) is 54.2 Å². The zero-order valence-electron chi connectivity index (χ0n) is 9.41. The van der Waals surface area contributed by atoms with Gasteiger partial charge in [0.05, 0.1) is 11.5 Å². The molecule has 0 amide bonds. The van der Waals surface area contributed by atoms with Gasteiger partial charge in [-0.05, 0) is 13.0 Å². The molecule has 2 rings (SSSR count). The number of para-hydroxylation sites is 1. The van der Waals surface area contributed by atoms with Crippen LogP contribution in [0.15, 0.2) is 35.5 Å². The summed E-state index contributed by atoms with van der Waals surface area (Å²) in [5, 5.41) is 1.10. The van der Waals surface area contributed by atoms with Crippen molar-refractivity contribution in [3.63, 3.8) is 0 Å². The SMILES string of the molecule is CC.CC(N)=Nc1c[nH]c2ccccc12. The maximum Gasteiger partial charge on any atom is 0.0965 e. The van der Waals surface area contributed by atoms with Gasteiger partial charge in [0.15, 0.2) is 0 Å². The van der Waals surface area contributed by atoms with Crippen LogP contribution in [0.5, 0.6) is 0 Å². The Labute approximate surface area is 90.0 Å². The van der Waals surface area contributed by atoms with Crippen molar-refractivity contribution >= 4 is 22.4 Å². The predicted octanol–water partition coefficient (Wildman–Crippen LogP) is 3.20. The van der Waals surface area contributed by atoms with Gasteiger partial charge in [-0.2, -0.15) is 0 Å². The monoisotopic (exact) mass is 203 g/mol. The fourth-order valence-electron chi connectivity index (χ4n) is 1.34. The summed E-state index contributed by atoms with van der Waals surface area (Å²) in [4.78, 5) is 7.34. The highest BCUT2D eigenvalue weighted by Gasteiger charge is 1.99. The second-order valence-corrected chi connectivity index (χ2v) is 2.97. The number of H-pyrrole nitrogens is 1. The van der Waals surface area contributed by atoms with Gasteiger partial charge in [0.2, 0.25) is 0 Å². The lowest BCUT2D eigenvalue weighted by atomic mass is 10.2. The van der Waals surface area contributed by atoms with E-state index in [-0.39, 0.29) is 0 Å². The van der Waals surface area contributed by atoms with Crippen LogP contribution in [0.2, 0.25) is 0 Å². The largest absolute Gasteiger partial charge is 0.387 e. The first-order valence-electron chi connectivity index (χ1n) is 5.14. The van der Waals surface area contributed by atoms with Crippen LogP contribution in [0.1, 0.15) is 20.8 Å². The number of nitrogens with zero attached hydrogens (tertiary/aromatic N) is 1. The molecule has 0 aliphatic carbocycles. The number of hydrogen-bond acceptors (Lipinski definition) is 1. The minimum atomic E-state index is 0.574. The Bertz CT molecular complexity index is 451. The number of fused-ring (bicyclic) bond motifs is 1. The molecule has 0 atom stereocenters. The summed E-state index contributed by atoms with van der Waals surface area (Å²) in [7, 11) is 0. The molecule has 0 aliphatic rings. The first-order chi connectivity index (χ1) is 7.27. The third-order valence-corrected chi connectivity index (χ3v) is 1.86. The highest BCUT2D eigenvalue weighted by atomic mass is 14.9. The number of benzene rings is 1. The van der Waals surface area contributed by atoms with E-state index in [9.17, 15) is 0 Å². The fourth-order valence-corrected chi connectivity index (χ4v) is 1.34. The van der Waals surface area contributed by atoms with E-state index in [0.717, 1.165) is 16.6 Å². The van der Waals surface area contributed by atoms with Crippen LogP contribution in [0.25, 0.3) is 10.9 Å². The molecule has 3 heteroatoms. The molecule has 0 unspecified atom stereocenters. The molecule has 0 saturated heterocycles. The number of rotatable bonds is 1. The average Bonchev–Trinajstić information content (AvgIpc) is 2.64. The second-order valence-electron chi connectivity index (χ2n) is 2.97. The van der Waals surface area contributed by atoms with Crippen molar-refractivity contribution in [1.82, 2.24) is 4.98 Å². The zero-order chi connectivity index (χ0) is 11.3. The average molecular weight is 203 g/mol. The number of nitrogens with two attached hydrogens (primary N) is 1. The van der Waals surface area contributed by atoms with Crippen LogP contribution in [0.4, 0.5) is 5.69 Å². The molecule has 1 heterocycles. The van der Waals surface area contributed by atoms with Crippen LogP contribution < -0.4 is 5.73 Å². The van der Waals surface area contributed by atoms with Crippen molar-refractivity contribution < 1.29 is 0 Å². The lowest BCUT2D eigenvalue weighted by Crippen LogP contribution is -2.03. The number of aromatic nitrogens is 1. The maximum absolute atomic E-state index is 5.51. The lowest BCUT2D eigenvalue weighted by molar-refractivity contribution is 1.43. The first kappa shape index (κ1) is 11.3. The minimum Gasteiger partial charge on any atom is -0.387 e. The van der Waals surface area contributed by atoms with Gasteiger partial charge in [-0.3, -0.25) is 0 Å². The van der Waals surface area contributed by atoms with Crippen molar-refractivity contribution in [2.24, 2.45) is 10.7 Å². The summed E-state index contributed by atoms with van der Waals surface area (Å²) in [5.41, 5.74) is 7.50. The number of amidine groups is 1. The second kappa shape index (κ2) is 5.20.